The lowest BCUT2D eigenvalue weighted by Crippen LogP contribution is -2.41. The van der Waals surface area contributed by atoms with Crippen LogP contribution >= 0.6 is 23.1 Å². The predicted molar refractivity (Wildman–Crippen MR) is 91.5 cm³/mol. The van der Waals surface area contributed by atoms with Crippen molar-refractivity contribution in [3.63, 3.8) is 0 Å². The van der Waals surface area contributed by atoms with Crippen LogP contribution in [0.4, 0.5) is 0 Å². The quantitative estimate of drug-likeness (QED) is 0.822. The first kappa shape index (κ1) is 16.0. The number of aromatic nitrogens is 1. The molecule has 3 rings (SSSR count). The van der Waals surface area contributed by atoms with Crippen LogP contribution in [0.5, 0.6) is 0 Å². The molecular weight excluding hydrogens is 316 g/mol. The third-order valence-electron chi connectivity index (χ3n) is 3.52. The van der Waals surface area contributed by atoms with E-state index in [2.05, 4.69) is 27.4 Å². The summed E-state index contributed by atoms with van der Waals surface area (Å²) < 4.78 is 6.33. The summed E-state index contributed by atoms with van der Waals surface area (Å²) in [5, 5.41) is 12.2. The van der Waals surface area contributed by atoms with E-state index in [1.54, 1.807) is 23.1 Å². The molecule has 0 radical (unpaired) electrons. The molecule has 2 aromatic rings. The van der Waals surface area contributed by atoms with Crippen LogP contribution in [0.3, 0.4) is 0 Å². The zero-order valence-corrected chi connectivity index (χ0v) is 14.0. The van der Waals surface area contributed by atoms with E-state index in [4.69, 9.17) is 4.74 Å². The molecule has 1 atom stereocenters. The van der Waals surface area contributed by atoms with Crippen LogP contribution in [0, 0.1) is 0 Å². The largest absolute Gasteiger partial charge is 0.391 e. The molecule has 1 aromatic carbocycles. The Hall–Kier alpha value is -0.920. The summed E-state index contributed by atoms with van der Waals surface area (Å²) in [6.07, 6.45) is -0.327. The highest BCUT2D eigenvalue weighted by Crippen LogP contribution is 2.28. The van der Waals surface area contributed by atoms with Gasteiger partial charge in [-0.05, 0) is 0 Å². The number of aliphatic hydroxyl groups is 1. The average Bonchev–Trinajstić information content (AvgIpc) is 3.04. The van der Waals surface area contributed by atoms with Crippen molar-refractivity contribution in [2.75, 3.05) is 38.6 Å². The molecule has 6 heteroatoms. The molecule has 1 aliphatic rings. The maximum absolute atomic E-state index is 10.2. The Balaban J connectivity index is 1.48. The second kappa shape index (κ2) is 8.08. The summed E-state index contributed by atoms with van der Waals surface area (Å²) in [5.74, 6) is 0.680. The molecule has 1 unspecified atom stereocenters. The number of aliphatic hydroxyl groups excluding tert-OH is 1. The van der Waals surface area contributed by atoms with Gasteiger partial charge in [0.2, 0.25) is 0 Å². The Morgan fingerprint density at radius 3 is 2.82 bits per heavy atom. The molecule has 0 aliphatic carbocycles. The first-order valence-corrected chi connectivity index (χ1v) is 9.30. The number of nitrogens with zero attached hydrogens (tertiary/aromatic N) is 2. The number of benzene rings is 1. The van der Waals surface area contributed by atoms with Gasteiger partial charge in [-0.1, -0.05) is 42.1 Å². The van der Waals surface area contributed by atoms with E-state index in [9.17, 15) is 5.11 Å². The lowest BCUT2D eigenvalue weighted by atomic mass is 10.2. The van der Waals surface area contributed by atoms with Gasteiger partial charge in [0.25, 0.3) is 0 Å². The van der Waals surface area contributed by atoms with E-state index >= 15 is 0 Å². The molecule has 1 fully saturated rings. The van der Waals surface area contributed by atoms with Crippen LogP contribution in [-0.2, 0) is 4.74 Å². The lowest BCUT2D eigenvalue weighted by molar-refractivity contribution is 0.0188. The molecular formula is C16H20N2O2S2. The summed E-state index contributed by atoms with van der Waals surface area (Å²) >= 11 is 3.27. The number of hydrogen-bond acceptors (Lipinski definition) is 6. The van der Waals surface area contributed by atoms with Crippen molar-refractivity contribution < 1.29 is 9.84 Å². The Morgan fingerprint density at radius 1 is 1.27 bits per heavy atom. The zero-order valence-electron chi connectivity index (χ0n) is 12.4. The maximum Gasteiger partial charge on any atom is 0.150 e. The predicted octanol–water partition coefficient (Wildman–Crippen LogP) is 2.60. The van der Waals surface area contributed by atoms with Crippen molar-refractivity contribution in [2.24, 2.45) is 0 Å². The van der Waals surface area contributed by atoms with E-state index in [-0.39, 0.29) is 6.10 Å². The second-order valence-electron chi connectivity index (χ2n) is 5.24. The molecule has 0 bridgehead atoms. The average molecular weight is 336 g/mol. The van der Waals surface area contributed by atoms with E-state index in [0.717, 1.165) is 41.9 Å². The highest BCUT2D eigenvalue weighted by atomic mass is 32.2. The fourth-order valence-electron chi connectivity index (χ4n) is 2.37. The van der Waals surface area contributed by atoms with Crippen LogP contribution in [0.1, 0.15) is 0 Å². The first-order valence-electron chi connectivity index (χ1n) is 7.43. The summed E-state index contributed by atoms with van der Waals surface area (Å²) in [7, 11) is 0. The summed E-state index contributed by atoms with van der Waals surface area (Å²) in [6.45, 7) is 4.08. The van der Waals surface area contributed by atoms with Gasteiger partial charge in [-0.3, -0.25) is 4.90 Å². The highest BCUT2D eigenvalue weighted by molar-refractivity contribution is 8.01. The van der Waals surface area contributed by atoms with Crippen LogP contribution in [-0.4, -0.2) is 59.7 Å². The molecule has 22 heavy (non-hydrogen) atoms. The van der Waals surface area contributed by atoms with Crippen molar-refractivity contribution in [3.8, 4) is 11.3 Å². The number of β-amino-alcohol motifs (C(OH)–C–C–N with tert-alkyl or cyclic N) is 1. The van der Waals surface area contributed by atoms with Gasteiger partial charge in [-0.15, -0.1) is 11.3 Å². The minimum absolute atomic E-state index is 0.327. The van der Waals surface area contributed by atoms with Crippen LogP contribution in [0.25, 0.3) is 11.3 Å². The van der Waals surface area contributed by atoms with Crippen LogP contribution < -0.4 is 0 Å². The van der Waals surface area contributed by atoms with Crippen molar-refractivity contribution in [1.29, 1.82) is 0 Å². The van der Waals surface area contributed by atoms with Crippen molar-refractivity contribution in [2.45, 2.75) is 10.4 Å². The van der Waals surface area contributed by atoms with Crippen LogP contribution in [0.15, 0.2) is 40.1 Å². The maximum atomic E-state index is 10.2. The normalized spacial score (nSPS) is 17.5. The topological polar surface area (TPSA) is 45.6 Å². The molecule has 1 saturated heterocycles. The summed E-state index contributed by atoms with van der Waals surface area (Å²) in [4.78, 5) is 6.89. The van der Waals surface area contributed by atoms with Crippen molar-refractivity contribution >= 4 is 23.1 Å². The number of thioether (sulfide) groups is 1. The summed E-state index contributed by atoms with van der Waals surface area (Å²) in [5.41, 5.74) is 2.15. The van der Waals surface area contributed by atoms with Gasteiger partial charge in [-0.2, -0.15) is 0 Å². The molecule has 0 amide bonds. The Labute approximate surface area is 139 Å². The highest BCUT2D eigenvalue weighted by Gasteiger charge is 2.15. The molecule has 118 valence electrons. The van der Waals surface area contributed by atoms with Crippen molar-refractivity contribution in [1.82, 2.24) is 9.88 Å². The van der Waals surface area contributed by atoms with Gasteiger partial charge < -0.3 is 9.84 Å². The number of hydrogen-bond donors (Lipinski definition) is 1. The lowest BCUT2D eigenvalue weighted by Gasteiger charge is -2.28. The molecule has 0 spiro atoms. The Kier molecular flexibility index (Phi) is 5.86. The molecule has 2 heterocycles. The van der Waals surface area contributed by atoms with E-state index < -0.39 is 0 Å². The van der Waals surface area contributed by atoms with Gasteiger partial charge in [0.05, 0.1) is 25.0 Å². The number of thiazole rings is 1. The molecule has 1 aromatic heterocycles. The Bertz CT molecular complexity index is 571. The minimum atomic E-state index is -0.327. The third-order valence-corrected chi connectivity index (χ3v) is 5.69. The second-order valence-corrected chi connectivity index (χ2v) is 7.37. The SMILES string of the molecule is OC(CSc1nc(-c2ccccc2)cs1)CN1CCOCC1. The molecule has 1 aliphatic heterocycles. The molecule has 0 saturated carbocycles. The molecule has 1 N–H and O–H groups in total. The minimum Gasteiger partial charge on any atom is -0.391 e. The van der Waals surface area contributed by atoms with Gasteiger partial charge in [-0.25, -0.2) is 4.98 Å². The Morgan fingerprint density at radius 2 is 2.05 bits per heavy atom. The third kappa shape index (κ3) is 4.54. The van der Waals surface area contributed by atoms with Gasteiger partial charge in [0.1, 0.15) is 0 Å². The monoisotopic (exact) mass is 336 g/mol. The summed E-state index contributed by atoms with van der Waals surface area (Å²) in [6, 6.07) is 10.2. The number of morpholine rings is 1. The molecule has 4 nitrogen and oxygen atoms in total. The zero-order chi connectivity index (χ0) is 15.2. The van der Waals surface area contributed by atoms with Gasteiger partial charge >= 0.3 is 0 Å². The van der Waals surface area contributed by atoms with Crippen molar-refractivity contribution in [3.05, 3.63) is 35.7 Å². The van der Waals surface area contributed by atoms with Gasteiger partial charge in [0.15, 0.2) is 4.34 Å². The van der Waals surface area contributed by atoms with E-state index in [0.29, 0.717) is 12.3 Å². The number of rotatable bonds is 6. The van der Waals surface area contributed by atoms with E-state index in [1.165, 1.54) is 0 Å². The first-order chi connectivity index (χ1) is 10.8. The fourth-order valence-corrected chi connectivity index (χ4v) is 4.14. The standard InChI is InChI=1S/C16H20N2O2S2/c19-14(10-18-6-8-20-9-7-18)11-21-16-17-15(12-22-16)13-4-2-1-3-5-13/h1-5,12,14,19H,6-11H2. The smallest absolute Gasteiger partial charge is 0.150 e. The van der Waals surface area contributed by atoms with E-state index in [1.807, 2.05) is 18.2 Å². The van der Waals surface area contributed by atoms with Gasteiger partial charge in [0, 0.05) is 36.3 Å². The number of ether oxygens (including phenoxy) is 1. The van der Waals surface area contributed by atoms with Crippen LogP contribution in [0.2, 0.25) is 0 Å². The fraction of sp³-hybridized carbons (Fsp3) is 0.438.